The molecule has 18 heavy (non-hydrogen) atoms. The van der Waals surface area contributed by atoms with E-state index in [1.807, 2.05) is 17.0 Å². The van der Waals surface area contributed by atoms with Crippen LogP contribution in [0.15, 0.2) is 16.5 Å². The van der Waals surface area contributed by atoms with E-state index in [2.05, 4.69) is 11.6 Å². The van der Waals surface area contributed by atoms with Gasteiger partial charge < -0.3 is 14.6 Å². The number of furan rings is 1. The quantitative estimate of drug-likeness (QED) is 0.855. The van der Waals surface area contributed by atoms with E-state index in [9.17, 15) is 4.79 Å². The van der Waals surface area contributed by atoms with Crippen LogP contribution in [0, 0.1) is 0 Å². The van der Waals surface area contributed by atoms with E-state index in [4.69, 9.17) is 4.42 Å². The minimum absolute atomic E-state index is 0.198. The number of nitrogens with zero attached hydrogens (tertiary/aromatic N) is 1. The monoisotopic (exact) mass is 268 g/mol. The normalized spacial score (nSPS) is 15.3. The molecule has 5 heteroatoms. The third-order valence-electron chi connectivity index (χ3n) is 3.04. The highest BCUT2D eigenvalue weighted by Gasteiger charge is 2.17. The fourth-order valence-corrected chi connectivity index (χ4v) is 2.55. The van der Waals surface area contributed by atoms with Crippen molar-refractivity contribution in [3.8, 4) is 0 Å². The Morgan fingerprint density at radius 2 is 2.11 bits per heavy atom. The number of nitrogens with one attached hydrogen (secondary N) is 1. The molecule has 0 bridgehead atoms. The number of hydrogen-bond acceptors (Lipinski definition) is 4. The SMILES string of the molecule is CSCc1ccc(CNCC(=O)N2CCCC2)o1. The fourth-order valence-electron chi connectivity index (χ4n) is 2.11. The van der Waals surface area contributed by atoms with Gasteiger partial charge in [-0.1, -0.05) is 0 Å². The van der Waals surface area contributed by atoms with Crippen molar-refractivity contribution >= 4 is 17.7 Å². The Labute approximate surface area is 112 Å². The first-order chi connectivity index (χ1) is 8.79. The van der Waals surface area contributed by atoms with E-state index in [-0.39, 0.29) is 5.91 Å². The van der Waals surface area contributed by atoms with Crippen molar-refractivity contribution in [2.45, 2.75) is 25.1 Å². The number of carbonyl (C=O) groups is 1. The summed E-state index contributed by atoms with van der Waals surface area (Å²) in [4.78, 5) is 13.7. The molecule has 1 fully saturated rings. The van der Waals surface area contributed by atoms with Gasteiger partial charge in [0.25, 0.3) is 0 Å². The predicted octanol–water partition coefficient (Wildman–Crippen LogP) is 1.85. The average Bonchev–Trinajstić information content (AvgIpc) is 3.00. The van der Waals surface area contributed by atoms with Crippen molar-refractivity contribution < 1.29 is 9.21 Å². The first-order valence-corrected chi connectivity index (χ1v) is 7.74. The van der Waals surface area contributed by atoms with Crippen molar-refractivity contribution in [1.82, 2.24) is 10.2 Å². The molecule has 0 spiro atoms. The molecule has 1 N–H and O–H groups in total. The largest absolute Gasteiger partial charge is 0.464 e. The van der Waals surface area contributed by atoms with Crippen LogP contribution in [0.25, 0.3) is 0 Å². The first-order valence-electron chi connectivity index (χ1n) is 6.34. The molecule has 2 rings (SSSR count). The molecule has 0 unspecified atom stereocenters. The second-order valence-electron chi connectivity index (χ2n) is 4.49. The van der Waals surface area contributed by atoms with Crippen molar-refractivity contribution in [1.29, 1.82) is 0 Å². The number of likely N-dealkylation sites (tertiary alicyclic amines) is 1. The highest BCUT2D eigenvalue weighted by atomic mass is 32.2. The predicted molar refractivity (Wildman–Crippen MR) is 73.4 cm³/mol. The lowest BCUT2D eigenvalue weighted by molar-refractivity contribution is -0.129. The summed E-state index contributed by atoms with van der Waals surface area (Å²) >= 11 is 1.74. The lowest BCUT2D eigenvalue weighted by Gasteiger charge is -2.15. The van der Waals surface area contributed by atoms with E-state index in [1.165, 1.54) is 0 Å². The minimum Gasteiger partial charge on any atom is -0.464 e. The van der Waals surface area contributed by atoms with Crippen LogP contribution < -0.4 is 5.32 Å². The van der Waals surface area contributed by atoms with Crippen LogP contribution in [0.4, 0.5) is 0 Å². The zero-order chi connectivity index (χ0) is 12.8. The highest BCUT2D eigenvalue weighted by Crippen LogP contribution is 2.13. The van der Waals surface area contributed by atoms with Gasteiger partial charge >= 0.3 is 0 Å². The maximum atomic E-state index is 11.8. The Hall–Kier alpha value is -0.940. The first kappa shape index (κ1) is 13.5. The number of amides is 1. The van der Waals surface area contributed by atoms with Crippen molar-refractivity contribution in [3.63, 3.8) is 0 Å². The number of hydrogen-bond donors (Lipinski definition) is 1. The Kier molecular flexibility index (Phi) is 5.13. The molecule has 1 aromatic rings. The van der Waals surface area contributed by atoms with Crippen molar-refractivity contribution in [2.75, 3.05) is 25.9 Å². The summed E-state index contributed by atoms with van der Waals surface area (Å²) in [6.45, 7) is 2.85. The Morgan fingerprint density at radius 3 is 2.83 bits per heavy atom. The molecule has 0 atom stereocenters. The van der Waals surface area contributed by atoms with Gasteiger partial charge in [0.2, 0.25) is 5.91 Å². The molecule has 100 valence electrons. The molecule has 0 aliphatic carbocycles. The van der Waals surface area contributed by atoms with Gasteiger partial charge in [0, 0.05) is 13.1 Å². The Balaban J connectivity index is 1.69. The lowest BCUT2D eigenvalue weighted by Crippen LogP contribution is -2.35. The molecule has 0 radical (unpaired) electrons. The molecule has 1 aliphatic heterocycles. The smallest absolute Gasteiger partial charge is 0.236 e. The Morgan fingerprint density at radius 1 is 1.39 bits per heavy atom. The van der Waals surface area contributed by atoms with Crippen LogP contribution in [0.3, 0.4) is 0 Å². The van der Waals surface area contributed by atoms with Crippen LogP contribution >= 0.6 is 11.8 Å². The number of thioether (sulfide) groups is 1. The molecule has 1 aliphatic rings. The van der Waals surface area contributed by atoms with Gasteiger partial charge in [-0.05, 0) is 31.2 Å². The van der Waals surface area contributed by atoms with Gasteiger partial charge in [0.1, 0.15) is 11.5 Å². The highest BCUT2D eigenvalue weighted by molar-refractivity contribution is 7.97. The van der Waals surface area contributed by atoms with Gasteiger partial charge in [-0.25, -0.2) is 0 Å². The molecule has 4 nitrogen and oxygen atoms in total. The summed E-state index contributed by atoms with van der Waals surface area (Å²) in [7, 11) is 0. The van der Waals surface area contributed by atoms with Gasteiger partial charge in [0.05, 0.1) is 18.8 Å². The van der Waals surface area contributed by atoms with Gasteiger partial charge in [-0.3, -0.25) is 4.79 Å². The number of carbonyl (C=O) groups excluding carboxylic acids is 1. The van der Waals surface area contributed by atoms with Crippen LogP contribution in [0.1, 0.15) is 24.4 Å². The molecular weight excluding hydrogens is 248 g/mol. The summed E-state index contributed by atoms with van der Waals surface area (Å²) < 4.78 is 5.62. The fraction of sp³-hybridized carbons (Fsp3) is 0.615. The average molecular weight is 268 g/mol. The van der Waals surface area contributed by atoms with E-state index < -0.39 is 0 Å². The molecule has 1 saturated heterocycles. The van der Waals surface area contributed by atoms with Crippen LogP contribution in [-0.2, 0) is 17.1 Å². The number of rotatable bonds is 6. The van der Waals surface area contributed by atoms with Gasteiger partial charge in [-0.2, -0.15) is 11.8 Å². The third kappa shape index (κ3) is 3.78. The van der Waals surface area contributed by atoms with E-state index in [1.54, 1.807) is 11.8 Å². The molecule has 1 amide bonds. The Bertz CT molecular complexity index is 386. The minimum atomic E-state index is 0.198. The summed E-state index contributed by atoms with van der Waals surface area (Å²) in [5.41, 5.74) is 0. The van der Waals surface area contributed by atoms with E-state index in [0.717, 1.165) is 43.2 Å². The molecule has 1 aromatic heterocycles. The molecule has 0 aromatic carbocycles. The van der Waals surface area contributed by atoms with Crippen LogP contribution in [-0.4, -0.2) is 36.7 Å². The summed E-state index contributed by atoms with van der Waals surface area (Å²) in [6.07, 6.45) is 4.33. The summed E-state index contributed by atoms with van der Waals surface area (Å²) in [5.74, 6) is 2.98. The van der Waals surface area contributed by atoms with Crippen LogP contribution in [0.2, 0.25) is 0 Å². The standard InChI is InChI=1S/C13H20N2O2S/c1-18-10-12-5-4-11(17-12)8-14-9-13(16)15-6-2-3-7-15/h4-5,14H,2-3,6-10H2,1H3. The topological polar surface area (TPSA) is 45.5 Å². The van der Waals surface area contributed by atoms with Gasteiger partial charge in [-0.15, -0.1) is 0 Å². The molecule has 0 saturated carbocycles. The molecular formula is C13H20N2O2S. The van der Waals surface area contributed by atoms with E-state index >= 15 is 0 Å². The zero-order valence-electron chi connectivity index (χ0n) is 10.8. The van der Waals surface area contributed by atoms with Crippen LogP contribution in [0.5, 0.6) is 0 Å². The van der Waals surface area contributed by atoms with E-state index in [0.29, 0.717) is 13.1 Å². The molecule has 2 heterocycles. The van der Waals surface area contributed by atoms with Gasteiger partial charge in [0.15, 0.2) is 0 Å². The maximum Gasteiger partial charge on any atom is 0.236 e. The second-order valence-corrected chi connectivity index (χ2v) is 5.36. The second kappa shape index (κ2) is 6.85. The lowest BCUT2D eigenvalue weighted by atomic mass is 10.4. The summed E-state index contributed by atoms with van der Waals surface area (Å²) in [6, 6.07) is 3.97. The van der Waals surface area contributed by atoms with Crippen molar-refractivity contribution in [2.24, 2.45) is 0 Å². The zero-order valence-corrected chi connectivity index (χ0v) is 11.6. The maximum absolute atomic E-state index is 11.8. The third-order valence-corrected chi connectivity index (χ3v) is 3.61. The summed E-state index contributed by atoms with van der Waals surface area (Å²) in [5, 5.41) is 3.14. The van der Waals surface area contributed by atoms with Crippen molar-refractivity contribution in [3.05, 3.63) is 23.7 Å².